The number of fused-ring (bicyclic) bond motifs is 3. The largest absolute Gasteiger partial charge is 0.493 e. The lowest BCUT2D eigenvalue weighted by Gasteiger charge is -2.08. The van der Waals surface area contributed by atoms with E-state index in [0.29, 0.717) is 18.1 Å². The number of carbonyl (C=O) groups is 1. The summed E-state index contributed by atoms with van der Waals surface area (Å²) in [6.07, 6.45) is 2.72. The number of carbonyl (C=O) groups excluding carboxylic acids is 1. The first-order valence-corrected chi connectivity index (χ1v) is 8.34. The van der Waals surface area contributed by atoms with E-state index in [1.54, 1.807) is 30.1 Å². The summed E-state index contributed by atoms with van der Waals surface area (Å²) in [6.45, 7) is 4.54. The maximum Gasteiger partial charge on any atom is 0.273 e. The van der Waals surface area contributed by atoms with Crippen LogP contribution < -0.4 is 14.8 Å². The van der Waals surface area contributed by atoms with Crippen molar-refractivity contribution in [1.29, 1.82) is 0 Å². The van der Waals surface area contributed by atoms with Crippen LogP contribution in [0.1, 0.15) is 29.9 Å². The molecule has 0 fully saturated rings. The Balaban J connectivity index is 1.75. The highest BCUT2D eigenvalue weighted by atomic mass is 16.5. The average Bonchev–Trinajstić information content (AvgIpc) is 3.25. The van der Waals surface area contributed by atoms with Crippen LogP contribution in [0.25, 0.3) is 10.9 Å². The van der Waals surface area contributed by atoms with Gasteiger partial charge in [0.15, 0.2) is 5.82 Å². The number of hydrogen-bond donors (Lipinski definition) is 2. The van der Waals surface area contributed by atoms with E-state index in [2.05, 4.69) is 15.4 Å². The number of aryl methyl sites for hydroxylation is 1. The van der Waals surface area contributed by atoms with Gasteiger partial charge in [-0.2, -0.15) is 5.10 Å². The summed E-state index contributed by atoms with van der Waals surface area (Å²) in [4.78, 5) is 15.7. The minimum absolute atomic E-state index is 0.115. The fourth-order valence-corrected chi connectivity index (χ4v) is 3.19. The zero-order valence-corrected chi connectivity index (χ0v) is 14.4. The van der Waals surface area contributed by atoms with Crippen LogP contribution in [0.2, 0.25) is 0 Å². The van der Waals surface area contributed by atoms with Gasteiger partial charge in [-0.1, -0.05) is 0 Å². The van der Waals surface area contributed by atoms with Crippen LogP contribution in [0.3, 0.4) is 0 Å². The van der Waals surface area contributed by atoms with E-state index in [9.17, 15) is 4.79 Å². The number of benzene rings is 1. The molecule has 4 rings (SSSR count). The van der Waals surface area contributed by atoms with Crippen LogP contribution in [-0.4, -0.2) is 33.4 Å². The lowest BCUT2D eigenvalue weighted by atomic mass is 10.1. The molecule has 3 aromatic rings. The van der Waals surface area contributed by atoms with Crippen LogP contribution in [-0.2, 0) is 13.5 Å². The van der Waals surface area contributed by atoms with Gasteiger partial charge in [-0.3, -0.25) is 9.48 Å². The molecule has 0 saturated carbocycles. The van der Waals surface area contributed by atoms with E-state index in [1.165, 1.54) is 0 Å². The number of rotatable bonds is 4. The summed E-state index contributed by atoms with van der Waals surface area (Å²) in [5, 5.41) is 7.80. The molecule has 1 aliphatic heterocycles. The molecule has 130 valence electrons. The lowest BCUT2D eigenvalue weighted by Crippen LogP contribution is -2.12. The number of hydrogen-bond acceptors (Lipinski definition) is 4. The number of nitrogens with zero attached hydrogens (tertiary/aromatic N) is 2. The summed E-state index contributed by atoms with van der Waals surface area (Å²) in [5.41, 5.74) is 2.34. The Bertz CT molecular complexity index is 957. The highest BCUT2D eigenvalue weighted by Gasteiger charge is 2.26. The van der Waals surface area contributed by atoms with Crippen LogP contribution in [0.15, 0.2) is 24.4 Å². The highest BCUT2D eigenvalue weighted by Crippen LogP contribution is 2.41. The van der Waals surface area contributed by atoms with E-state index >= 15 is 0 Å². The standard InChI is InChI=1S/C18H20N4O3/c1-4-24-14-8-11-7-10(2)25-17(11)16-12(14)9-13(19-16)18(23)20-15-5-6-22(3)21-15/h5-6,8-10,19H,4,7H2,1-3H3,(H,20,21,23). The van der Waals surface area contributed by atoms with Crippen LogP contribution in [0.4, 0.5) is 5.82 Å². The molecular weight excluding hydrogens is 320 g/mol. The van der Waals surface area contributed by atoms with Crippen molar-refractivity contribution in [3.05, 3.63) is 35.7 Å². The number of aromatic amines is 1. The van der Waals surface area contributed by atoms with Gasteiger partial charge in [0.25, 0.3) is 5.91 Å². The highest BCUT2D eigenvalue weighted by molar-refractivity contribution is 6.07. The molecule has 7 heteroatoms. The molecule has 1 aliphatic rings. The van der Waals surface area contributed by atoms with Gasteiger partial charge in [0.05, 0.1) is 12.1 Å². The van der Waals surface area contributed by atoms with E-state index in [1.807, 2.05) is 19.9 Å². The third kappa shape index (κ3) is 2.71. The molecule has 3 heterocycles. The monoisotopic (exact) mass is 340 g/mol. The van der Waals surface area contributed by atoms with Crippen LogP contribution >= 0.6 is 0 Å². The maximum atomic E-state index is 12.6. The van der Waals surface area contributed by atoms with Gasteiger partial charge in [-0.25, -0.2) is 0 Å². The topological polar surface area (TPSA) is 81.2 Å². The van der Waals surface area contributed by atoms with Crippen molar-refractivity contribution in [2.24, 2.45) is 7.05 Å². The Morgan fingerprint density at radius 3 is 3.08 bits per heavy atom. The Kier molecular flexibility index (Phi) is 3.63. The number of aromatic nitrogens is 3. The van der Waals surface area contributed by atoms with Crippen LogP contribution in [0, 0.1) is 0 Å². The average molecular weight is 340 g/mol. The molecule has 0 bridgehead atoms. The van der Waals surface area contributed by atoms with Gasteiger partial charge >= 0.3 is 0 Å². The van der Waals surface area contributed by atoms with Gasteiger partial charge < -0.3 is 19.8 Å². The smallest absolute Gasteiger partial charge is 0.273 e. The summed E-state index contributed by atoms with van der Waals surface area (Å²) in [5.74, 6) is 1.83. The molecule has 0 aliphatic carbocycles. The first-order chi connectivity index (χ1) is 12.0. The van der Waals surface area contributed by atoms with E-state index in [4.69, 9.17) is 9.47 Å². The number of anilines is 1. The second-order valence-corrected chi connectivity index (χ2v) is 6.23. The van der Waals surface area contributed by atoms with Crippen molar-refractivity contribution in [2.75, 3.05) is 11.9 Å². The number of H-pyrrole nitrogens is 1. The Morgan fingerprint density at radius 1 is 1.52 bits per heavy atom. The molecule has 25 heavy (non-hydrogen) atoms. The molecule has 0 radical (unpaired) electrons. The van der Waals surface area contributed by atoms with Gasteiger partial charge in [-0.15, -0.1) is 0 Å². The minimum Gasteiger partial charge on any atom is -0.493 e. The molecule has 2 aromatic heterocycles. The molecule has 1 amide bonds. The molecule has 0 spiro atoms. The summed E-state index contributed by atoms with van der Waals surface area (Å²) in [6, 6.07) is 5.55. The molecule has 7 nitrogen and oxygen atoms in total. The van der Waals surface area contributed by atoms with Crippen molar-refractivity contribution in [3.63, 3.8) is 0 Å². The summed E-state index contributed by atoms with van der Waals surface area (Å²) < 4.78 is 13.3. The summed E-state index contributed by atoms with van der Waals surface area (Å²) in [7, 11) is 1.80. The minimum atomic E-state index is -0.253. The summed E-state index contributed by atoms with van der Waals surface area (Å²) >= 11 is 0. The Labute approximate surface area is 144 Å². The van der Waals surface area contributed by atoms with Gasteiger partial charge in [0.2, 0.25) is 0 Å². The van der Waals surface area contributed by atoms with Crippen molar-refractivity contribution < 1.29 is 14.3 Å². The van der Waals surface area contributed by atoms with E-state index < -0.39 is 0 Å². The van der Waals surface area contributed by atoms with E-state index in [0.717, 1.165) is 34.4 Å². The zero-order chi connectivity index (χ0) is 17.6. The predicted octanol–water partition coefficient (Wildman–Crippen LogP) is 2.88. The SMILES string of the molecule is CCOc1cc2c(c3[nH]c(C(=O)Nc4ccn(C)n4)cc13)OC(C)C2. The molecule has 2 N–H and O–H groups in total. The van der Waals surface area contributed by atoms with Gasteiger partial charge in [0.1, 0.15) is 23.3 Å². The molecule has 1 aromatic carbocycles. The first kappa shape index (κ1) is 15.6. The predicted molar refractivity (Wildman–Crippen MR) is 94.4 cm³/mol. The quantitative estimate of drug-likeness (QED) is 0.765. The molecule has 0 saturated heterocycles. The normalized spacial score (nSPS) is 15.9. The maximum absolute atomic E-state index is 12.6. The Morgan fingerprint density at radius 2 is 2.36 bits per heavy atom. The number of nitrogens with one attached hydrogen (secondary N) is 2. The van der Waals surface area contributed by atoms with Gasteiger partial charge in [0, 0.05) is 36.7 Å². The Hall–Kier alpha value is -2.96. The second-order valence-electron chi connectivity index (χ2n) is 6.23. The van der Waals surface area contributed by atoms with Crippen LogP contribution in [0.5, 0.6) is 11.5 Å². The third-order valence-electron chi connectivity index (χ3n) is 4.23. The third-order valence-corrected chi connectivity index (χ3v) is 4.23. The number of amides is 1. The van der Waals surface area contributed by atoms with Crippen molar-refractivity contribution >= 4 is 22.6 Å². The van der Waals surface area contributed by atoms with Crippen molar-refractivity contribution in [3.8, 4) is 11.5 Å². The van der Waals surface area contributed by atoms with Crippen molar-refractivity contribution in [2.45, 2.75) is 26.4 Å². The van der Waals surface area contributed by atoms with E-state index in [-0.39, 0.29) is 12.0 Å². The molecule has 1 atom stereocenters. The molecule has 1 unspecified atom stereocenters. The number of ether oxygens (including phenoxy) is 2. The lowest BCUT2D eigenvalue weighted by molar-refractivity contribution is 0.102. The fraction of sp³-hybridized carbons (Fsp3) is 0.333. The first-order valence-electron chi connectivity index (χ1n) is 8.34. The fourth-order valence-electron chi connectivity index (χ4n) is 3.19. The molecular formula is C18H20N4O3. The van der Waals surface area contributed by atoms with Crippen molar-refractivity contribution in [1.82, 2.24) is 14.8 Å². The van der Waals surface area contributed by atoms with Gasteiger partial charge in [-0.05, 0) is 26.0 Å². The zero-order valence-electron chi connectivity index (χ0n) is 14.4. The second kappa shape index (κ2) is 5.84.